The first kappa shape index (κ1) is 20.6. The van der Waals surface area contributed by atoms with Crippen LogP contribution in [0, 0.1) is 41.4 Å². The van der Waals surface area contributed by atoms with Gasteiger partial charge in [0.25, 0.3) is 0 Å². The van der Waals surface area contributed by atoms with E-state index in [-0.39, 0.29) is 41.4 Å². The van der Waals surface area contributed by atoms with Gasteiger partial charge in [0.05, 0.1) is 35.0 Å². The van der Waals surface area contributed by atoms with Gasteiger partial charge in [0.2, 0.25) is 23.6 Å². The fourth-order valence-electron chi connectivity index (χ4n) is 7.41. The molecule has 0 radical (unpaired) electrons. The maximum atomic E-state index is 13.8. The quantitative estimate of drug-likeness (QED) is 0.501. The first-order valence-electron chi connectivity index (χ1n) is 12.2. The third-order valence-corrected chi connectivity index (χ3v) is 8.68. The Balaban J connectivity index is 1.30. The molecule has 0 aromatic heterocycles. The summed E-state index contributed by atoms with van der Waals surface area (Å²) >= 11 is 0. The second kappa shape index (κ2) is 7.11. The molecule has 6 nitrogen and oxygen atoms in total. The molecule has 4 amide bonds. The normalized spacial score (nSPS) is 35.1. The molecule has 2 heterocycles. The van der Waals surface area contributed by atoms with Gasteiger partial charge in [-0.05, 0) is 48.4 Å². The third-order valence-electron chi connectivity index (χ3n) is 8.68. The minimum Gasteiger partial charge on any atom is -0.274 e. The lowest BCUT2D eigenvalue weighted by atomic mass is 9.61. The third kappa shape index (κ3) is 2.60. The number of rotatable bonds is 2. The maximum absolute atomic E-state index is 13.8. The number of allylic oxidation sites excluding steroid dienone is 3. The molecule has 2 aromatic rings. The van der Waals surface area contributed by atoms with E-state index in [0.29, 0.717) is 17.8 Å². The molecular formula is C29H24N2O4. The molecule has 2 aromatic carbocycles. The predicted molar refractivity (Wildman–Crippen MR) is 129 cm³/mol. The number of benzene rings is 2. The van der Waals surface area contributed by atoms with Gasteiger partial charge in [-0.1, -0.05) is 66.6 Å². The zero-order valence-electron chi connectivity index (χ0n) is 19.2. The van der Waals surface area contributed by atoms with Gasteiger partial charge in [0, 0.05) is 0 Å². The summed E-state index contributed by atoms with van der Waals surface area (Å²) in [6.07, 6.45) is 4.80. The van der Waals surface area contributed by atoms with Crippen LogP contribution in [0.2, 0.25) is 0 Å². The standard InChI is InChI=1S/C29H24N2O4/c1-15-12-16-13-17-14-20(24-23(17)27(33)31(28(24)34)19-10-6-3-7-11-19)22(16)25-21(15)26(32)30(29(25)35)18-8-4-2-5-9-18/h2-12,14-15,20-25H,13H2,1H3/t15?,20-,21?,22?,23?,24?,25?/m0/s1. The zero-order chi connectivity index (χ0) is 24.0. The van der Waals surface area contributed by atoms with Crippen molar-refractivity contribution < 1.29 is 19.2 Å². The number of hydrogen-bond donors (Lipinski definition) is 0. The lowest BCUT2D eigenvalue weighted by Gasteiger charge is -2.40. The second-order valence-electron chi connectivity index (χ2n) is 10.4. The summed E-state index contributed by atoms with van der Waals surface area (Å²) in [6, 6.07) is 18.1. The molecule has 2 saturated heterocycles. The molecule has 0 N–H and O–H groups in total. The number of carbonyl (C=O) groups excluding carboxylic acids is 4. The minimum absolute atomic E-state index is 0.0819. The molecule has 35 heavy (non-hydrogen) atoms. The van der Waals surface area contributed by atoms with Crippen molar-refractivity contribution in [1.82, 2.24) is 0 Å². The van der Waals surface area contributed by atoms with Gasteiger partial charge >= 0.3 is 0 Å². The fraction of sp³-hybridized carbons (Fsp3) is 0.310. The van der Waals surface area contributed by atoms with E-state index in [1.165, 1.54) is 9.80 Å². The molecule has 7 atom stereocenters. The van der Waals surface area contributed by atoms with Crippen LogP contribution in [0.1, 0.15) is 13.3 Å². The van der Waals surface area contributed by atoms with E-state index in [2.05, 4.69) is 12.2 Å². The second-order valence-corrected chi connectivity index (χ2v) is 10.4. The Kier molecular flexibility index (Phi) is 4.17. The molecule has 6 heteroatoms. The summed E-state index contributed by atoms with van der Waals surface area (Å²) in [4.78, 5) is 57.3. The number of para-hydroxylation sites is 2. The summed E-state index contributed by atoms with van der Waals surface area (Å²) in [6.45, 7) is 2.00. The molecule has 2 bridgehead atoms. The number of fused-ring (bicyclic) bond motifs is 8. The first-order valence-corrected chi connectivity index (χ1v) is 12.2. The van der Waals surface area contributed by atoms with E-state index in [1.54, 1.807) is 24.3 Å². The van der Waals surface area contributed by atoms with E-state index in [1.807, 2.05) is 43.3 Å². The lowest BCUT2D eigenvalue weighted by molar-refractivity contribution is -0.126. The van der Waals surface area contributed by atoms with Crippen LogP contribution in [0.5, 0.6) is 0 Å². The molecule has 5 aliphatic rings. The zero-order valence-corrected chi connectivity index (χ0v) is 19.2. The molecule has 0 spiro atoms. The van der Waals surface area contributed by atoms with E-state index in [0.717, 1.165) is 11.1 Å². The van der Waals surface area contributed by atoms with Crippen LogP contribution in [0.15, 0.2) is 84.0 Å². The van der Waals surface area contributed by atoms with Crippen LogP contribution in [-0.2, 0) is 19.2 Å². The highest BCUT2D eigenvalue weighted by Gasteiger charge is 2.65. The van der Waals surface area contributed by atoms with Gasteiger partial charge in [-0.3, -0.25) is 24.1 Å². The van der Waals surface area contributed by atoms with Crippen LogP contribution in [0.3, 0.4) is 0 Å². The van der Waals surface area contributed by atoms with E-state index in [4.69, 9.17) is 0 Å². The summed E-state index contributed by atoms with van der Waals surface area (Å²) < 4.78 is 0. The molecule has 7 rings (SSSR count). The Bertz CT molecular complexity index is 1360. The summed E-state index contributed by atoms with van der Waals surface area (Å²) in [5, 5.41) is 0. The van der Waals surface area contributed by atoms with Crippen LogP contribution in [0.25, 0.3) is 0 Å². The molecule has 2 aliphatic heterocycles. The van der Waals surface area contributed by atoms with Crippen molar-refractivity contribution >= 4 is 35.0 Å². The number of nitrogens with zero attached hydrogens (tertiary/aromatic N) is 2. The van der Waals surface area contributed by atoms with Crippen LogP contribution >= 0.6 is 0 Å². The van der Waals surface area contributed by atoms with Gasteiger partial charge in [0.15, 0.2) is 0 Å². The SMILES string of the molecule is CC1C=C2CC3=C[C@H](C4C(=O)N(c5ccccc5)C(=O)C34)C2C2C(=O)N(c3ccccc3)C(=O)C12. The predicted octanol–water partition coefficient (Wildman–Crippen LogP) is 3.75. The van der Waals surface area contributed by atoms with E-state index < -0.39 is 23.7 Å². The van der Waals surface area contributed by atoms with Gasteiger partial charge in [0.1, 0.15) is 0 Å². The van der Waals surface area contributed by atoms with Crippen LogP contribution < -0.4 is 9.80 Å². The van der Waals surface area contributed by atoms with Gasteiger partial charge in [-0.15, -0.1) is 0 Å². The smallest absolute Gasteiger partial charge is 0.241 e. The van der Waals surface area contributed by atoms with Gasteiger partial charge in [-0.2, -0.15) is 0 Å². The van der Waals surface area contributed by atoms with Crippen molar-refractivity contribution in [3.8, 4) is 0 Å². The molecular weight excluding hydrogens is 440 g/mol. The summed E-state index contributed by atoms with van der Waals surface area (Å²) in [5.74, 6) is -3.29. The average molecular weight is 465 g/mol. The Labute approximate surface area is 202 Å². The Hall–Kier alpha value is -3.80. The number of amides is 4. The largest absolute Gasteiger partial charge is 0.274 e. The highest BCUT2D eigenvalue weighted by molar-refractivity contribution is 6.24. The van der Waals surface area contributed by atoms with Crippen molar-refractivity contribution in [3.05, 3.63) is 84.0 Å². The molecule has 174 valence electrons. The number of carbonyl (C=O) groups is 4. The Morgan fingerprint density at radius 2 is 1.14 bits per heavy atom. The summed E-state index contributed by atoms with van der Waals surface area (Å²) in [5.41, 5.74) is 3.27. The number of hydrogen-bond acceptors (Lipinski definition) is 4. The maximum Gasteiger partial charge on any atom is 0.241 e. The average Bonchev–Trinajstić information content (AvgIpc) is 3.41. The molecule has 6 unspecified atom stereocenters. The molecule has 2 fully saturated rings. The molecule has 3 aliphatic carbocycles. The van der Waals surface area contributed by atoms with Crippen molar-refractivity contribution in [2.45, 2.75) is 13.3 Å². The van der Waals surface area contributed by atoms with Gasteiger partial charge in [-0.25, -0.2) is 4.90 Å². The monoisotopic (exact) mass is 464 g/mol. The number of anilines is 2. The van der Waals surface area contributed by atoms with Crippen molar-refractivity contribution in [2.75, 3.05) is 9.80 Å². The number of imide groups is 2. The van der Waals surface area contributed by atoms with Crippen LogP contribution in [-0.4, -0.2) is 23.6 Å². The Morgan fingerprint density at radius 3 is 1.77 bits per heavy atom. The van der Waals surface area contributed by atoms with Crippen LogP contribution in [0.4, 0.5) is 11.4 Å². The highest BCUT2D eigenvalue weighted by Crippen LogP contribution is 2.60. The van der Waals surface area contributed by atoms with E-state index >= 15 is 0 Å². The minimum atomic E-state index is -0.520. The summed E-state index contributed by atoms with van der Waals surface area (Å²) in [7, 11) is 0. The Morgan fingerprint density at radius 1 is 0.600 bits per heavy atom. The lowest BCUT2D eigenvalue weighted by Crippen LogP contribution is -2.42. The molecule has 0 saturated carbocycles. The first-order chi connectivity index (χ1) is 17.0. The fourth-order valence-corrected chi connectivity index (χ4v) is 7.41. The van der Waals surface area contributed by atoms with E-state index in [9.17, 15) is 19.2 Å². The topological polar surface area (TPSA) is 74.8 Å². The highest BCUT2D eigenvalue weighted by atomic mass is 16.2. The van der Waals surface area contributed by atoms with Crippen molar-refractivity contribution in [3.63, 3.8) is 0 Å². The van der Waals surface area contributed by atoms with Crippen molar-refractivity contribution in [1.29, 1.82) is 0 Å². The van der Waals surface area contributed by atoms with Gasteiger partial charge < -0.3 is 0 Å². The van der Waals surface area contributed by atoms with Crippen molar-refractivity contribution in [2.24, 2.45) is 41.4 Å².